The topological polar surface area (TPSA) is 142 Å². The second kappa shape index (κ2) is 10.3. The first kappa shape index (κ1) is 23.4. The number of fused-ring (bicyclic) bond motifs is 1. The second-order valence-corrected chi connectivity index (χ2v) is 6.74. The van der Waals surface area contributed by atoms with Crippen molar-refractivity contribution in [2.75, 3.05) is 19.8 Å². The third-order valence-corrected chi connectivity index (χ3v) is 4.47. The highest BCUT2D eigenvalue weighted by Gasteiger charge is 2.31. The lowest BCUT2D eigenvalue weighted by Gasteiger charge is -2.18. The van der Waals surface area contributed by atoms with Crippen molar-refractivity contribution >= 4 is 29.8 Å². The fourth-order valence-corrected chi connectivity index (χ4v) is 2.93. The molecular formula is C23H18O10. The van der Waals surface area contributed by atoms with Crippen LogP contribution in [0.4, 0.5) is 0 Å². The second-order valence-electron chi connectivity index (χ2n) is 6.74. The van der Waals surface area contributed by atoms with Crippen molar-refractivity contribution in [3.8, 4) is 0 Å². The molecule has 0 aliphatic carbocycles. The molecule has 1 atom stereocenters. The number of ether oxygens (including phenoxy) is 4. The van der Waals surface area contributed by atoms with E-state index in [0.29, 0.717) is 0 Å². The summed E-state index contributed by atoms with van der Waals surface area (Å²) in [6, 6.07) is 9.23. The predicted octanol–water partition coefficient (Wildman–Crippen LogP) is 2.28. The number of cyclic esters (lactones) is 2. The fraction of sp³-hybridized carbons (Fsp3) is 0.174. The standard InChI is InChI=1S/C23H18O10/c1-2-9-30-11-14(32-21(27)16-6-4-3-5-15(16)19(24)25)12-31-20(26)13-7-8-17-18(10-13)23(29)33-22(17)28/h2-8,10,14H,1,9,11-12H2,(H,24,25). The van der Waals surface area contributed by atoms with Crippen LogP contribution in [0.5, 0.6) is 0 Å². The first-order chi connectivity index (χ1) is 15.8. The van der Waals surface area contributed by atoms with Crippen molar-refractivity contribution in [2.24, 2.45) is 0 Å². The van der Waals surface area contributed by atoms with Gasteiger partial charge in [-0.3, -0.25) is 0 Å². The maximum Gasteiger partial charge on any atom is 0.346 e. The minimum Gasteiger partial charge on any atom is -0.478 e. The summed E-state index contributed by atoms with van der Waals surface area (Å²) < 4.78 is 20.2. The summed E-state index contributed by atoms with van der Waals surface area (Å²) in [5.41, 5.74) is -0.458. The molecule has 0 radical (unpaired) electrons. The van der Waals surface area contributed by atoms with Crippen LogP contribution < -0.4 is 0 Å². The SMILES string of the molecule is C=CCOCC(COC(=O)c1ccc2c(c1)C(=O)OC2=O)OC(=O)c1ccccc1C(=O)O. The van der Waals surface area contributed by atoms with Gasteiger partial charge in [-0.25, -0.2) is 24.0 Å². The van der Waals surface area contributed by atoms with E-state index in [1.54, 1.807) is 0 Å². The highest BCUT2D eigenvalue weighted by molar-refractivity contribution is 6.15. The number of benzene rings is 2. The summed E-state index contributed by atoms with van der Waals surface area (Å²) in [4.78, 5) is 59.5. The lowest BCUT2D eigenvalue weighted by atomic mass is 10.1. The van der Waals surface area contributed by atoms with Crippen LogP contribution in [0, 0.1) is 0 Å². The number of carbonyl (C=O) groups is 5. The highest BCUT2D eigenvalue weighted by atomic mass is 16.6. The van der Waals surface area contributed by atoms with Crippen molar-refractivity contribution < 1.29 is 48.0 Å². The summed E-state index contributed by atoms with van der Waals surface area (Å²) >= 11 is 0. The molecule has 1 aliphatic heterocycles. The third-order valence-electron chi connectivity index (χ3n) is 4.47. The molecule has 0 amide bonds. The predicted molar refractivity (Wildman–Crippen MR) is 110 cm³/mol. The first-order valence-electron chi connectivity index (χ1n) is 9.61. The molecule has 2 aromatic carbocycles. The quantitative estimate of drug-likeness (QED) is 0.187. The molecule has 1 unspecified atom stereocenters. The van der Waals surface area contributed by atoms with Gasteiger partial charge in [0.05, 0.1) is 41.0 Å². The van der Waals surface area contributed by atoms with Gasteiger partial charge >= 0.3 is 29.8 Å². The van der Waals surface area contributed by atoms with E-state index in [2.05, 4.69) is 11.3 Å². The van der Waals surface area contributed by atoms with Gasteiger partial charge in [0.2, 0.25) is 0 Å². The number of carboxylic acid groups (broad SMARTS) is 1. The average Bonchev–Trinajstić information content (AvgIpc) is 3.09. The summed E-state index contributed by atoms with van der Waals surface area (Å²) in [5, 5.41) is 9.26. The smallest absolute Gasteiger partial charge is 0.346 e. The minimum atomic E-state index is -1.30. The zero-order valence-corrected chi connectivity index (χ0v) is 17.1. The number of carboxylic acids is 1. The molecule has 10 nitrogen and oxygen atoms in total. The Morgan fingerprint density at radius 1 is 0.970 bits per heavy atom. The van der Waals surface area contributed by atoms with Crippen LogP contribution in [-0.2, 0) is 18.9 Å². The maximum atomic E-state index is 12.5. The van der Waals surface area contributed by atoms with Gasteiger partial charge in [-0.2, -0.15) is 0 Å². The van der Waals surface area contributed by atoms with Gasteiger partial charge in [-0.1, -0.05) is 18.2 Å². The molecule has 33 heavy (non-hydrogen) atoms. The zero-order chi connectivity index (χ0) is 24.0. The number of hydrogen-bond donors (Lipinski definition) is 1. The van der Waals surface area contributed by atoms with Crippen LogP contribution in [0.2, 0.25) is 0 Å². The van der Waals surface area contributed by atoms with Crippen molar-refractivity contribution in [2.45, 2.75) is 6.10 Å². The van der Waals surface area contributed by atoms with E-state index >= 15 is 0 Å². The Bertz CT molecular complexity index is 1130. The fourth-order valence-electron chi connectivity index (χ4n) is 2.93. The van der Waals surface area contributed by atoms with Crippen molar-refractivity contribution in [1.82, 2.24) is 0 Å². The number of esters is 4. The van der Waals surface area contributed by atoms with Crippen molar-refractivity contribution in [1.29, 1.82) is 0 Å². The molecule has 1 N–H and O–H groups in total. The Labute approximate surface area is 187 Å². The first-order valence-corrected chi connectivity index (χ1v) is 9.61. The van der Waals surface area contributed by atoms with Gasteiger partial charge in [0.25, 0.3) is 0 Å². The molecule has 0 bridgehead atoms. The van der Waals surface area contributed by atoms with Gasteiger partial charge in [0.15, 0.2) is 6.10 Å². The molecule has 0 saturated heterocycles. The van der Waals surface area contributed by atoms with Crippen molar-refractivity contribution in [3.63, 3.8) is 0 Å². The monoisotopic (exact) mass is 454 g/mol. The Balaban J connectivity index is 1.70. The van der Waals surface area contributed by atoms with Crippen LogP contribution in [0.3, 0.4) is 0 Å². The summed E-state index contributed by atoms with van der Waals surface area (Å²) in [7, 11) is 0. The number of rotatable bonds is 10. The normalized spacial score (nSPS) is 13.0. The van der Waals surface area contributed by atoms with E-state index in [0.717, 1.165) is 0 Å². The van der Waals surface area contributed by atoms with E-state index in [1.807, 2.05) is 0 Å². The van der Waals surface area contributed by atoms with Crippen LogP contribution in [0.15, 0.2) is 55.1 Å². The Kier molecular flexibility index (Phi) is 7.31. The van der Waals surface area contributed by atoms with Gasteiger partial charge in [-0.15, -0.1) is 6.58 Å². The van der Waals surface area contributed by atoms with E-state index < -0.39 is 42.6 Å². The Hall–Kier alpha value is -4.31. The van der Waals surface area contributed by atoms with E-state index in [9.17, 15) is 29.1 Å². The summed E-state index contributed by atoms with van der Waals surface area (Å²) in [5.74, 6) is -4.76. The highest BCUT2D eigenvalue weighted by Crippen LogP contribution is 2.21. The molecule has 0 fully saturated rings. The molecule has 0 spiro atoms. The van der Waals surface area contributed by atoms with Gasteiger partial charge in [0, 0.05) is 0 Å². The molecule has 0 aromatic heterocycles. The zero-order valence-electron chi connectivity index (χ0n) is 17.1. The largest absolute Gasteiger partial charge is 0.478 e. The van der Waals surface area contributed by atoms with Gasteiger partial charge in [0.1, 0.15) is 6.61 Å². The molecule has 2 aromatic rings. The lowest BCUT2D eigenvalue weighted by Crippen LogP contribution is -2.30. The van der Waals surface area contributed by atoms with Crippen LogP contribution in [-0.4, -0.2) is 60.9 Å². The number of aromatic carboxylic acids is 1. The van der Waals surface area contributed by atoms with Crippen LogP contribution in [0.1, 0.15) is 51.8 Å². The minimum absolute atomic E-state index is 0.0197. The molecule has 10 heteroatoms. The molecule has 1 heterocycles. The number of hydrogen-bond acceptors (Lipinski definition) is 9. The molecule has 3 rings (SSSR count). The summed E-state index contributed by atoms with van der Waals surface area (Å²) in [6.07, 6.45) is 0.402. The lowest BCUT2D eigenvalue weighted by molar-refractivity contribution is -0.0285. The van der Waals surface area contributed by atoms with E-state index in [4.69, 9.17) is 14.2 Å². The van der Waals surface area contributed by atoms with E-state index in [-0.39, 0.29) is 41.0 Å². The molecule has 1 aliphatic rings. The van der Waals surface area contributed by atoms with Crippen LogP contribution >= 0.6 is 0 Å². The summed E-state index contributed by atoms with van der Waals surface area (Å²) in [6.45, 7) is 3.06. The Morgan fingerprint density at radius 3 is 2.36 bits per heavy atom. The Morgan fingerprint density at radius 2 is 1.67 bits per heavy atom. The number of carbonyl (C=O) groups excluding carboxylic acids is 4. The van der Waals surface area contributed by atoms with E-state index in [1.165, 1.54) is 48.5 Å². The van der Waals surface area contributed by atoms with Crippen molar-refractivity contribution in [3.05, 3.63) is 82.9 Å². The molecular weight excluding hydrogens is 436 g/mol. The molecule has 170 valence electrons. The molecule has 0 saturated carbocycles. The average molecular weight is 454 g/mol. The van der Waals surface area contributed by atoms with Crippen LogP contribution in [0.25, 0.3) is 0 Å². The third kappa shape index (κ3) is 5.49. The van der Waals surface area contributed by atoms with Gasteiger partial charge < -0.3 is 24.1 Å². The van der Waals surface area contributed by atoms with Gasteiger partial charge in [-0.05, 0) is 30.3 Å². The maximum absolute atomic E-state index is 12.5.